The summed E-state index contributed by atoms with van der Waals surface area (Å²) in [4.78, 5) is 12.2. The molecule has 0 saturated heterocycles. The maximum atomic E-state index is 12.2. The van der Waals surface area contributed by atoms with E-state index in [4.69, 9.17) is 10.5 Å². The number of hydrogen-bond donors (Lipinski definition) is 2. The van der Waals surface area contributed by atoms with Crippen molar-refractivity contribution in [2.24, 2.45) is 17.6 Å². The second-order valence-corrected chi connectivity index (χ2v) is 5.23. The van der Waals surface area contributed by atoms with Crippen LogP contribution in [0, 0.1) is 18.8 Å². The zero-order valence-electron chi connectivity index (χ0n) is 12.2. The van der Waals surface area contributed by atoms with Gasteiger partial charge in [0.15, 0.2) is 0 Å². The third-order valence-corrected chi connectivity index (χ3v) is 3.10. The fourth-order valence-electron chi connectivity index (χ4n) is 2.02. The maximum absolute atomic E-state index is 12.2. The van der Waals surface area contributed by atoms with E-state index in [-0.39, 0.29) is 11.8 Å². The molecule has 3 N–H and O–H groups in total. The summed E-state index contributed by atoms with van der Waals surface area (Å²) >= 11 is 0. The van der Waals surface area contributed by atoms with E-state index in [2.05, 4.69) is 19.2 Å². The molecule has 4 heteroatoms. The normalized spacial score (nSPS) is 12.3. The Hall–Kier alpha value is -1.55. The predicted octanol–water partition coefficient (Wildman–Crippen LogP) is 2.56. The molecule has 0 spiro atoms. The molecular weight excluding hydrogens is 240 g/mol. The van der Waals surface area contributed by atoms with E-state index in [9.17, 15) is 4.79 Å². The van der Waals surface area contributed by atoms with Crippen LogP contribution < -0.4 is 15.8 Å². The molecule has 0 aliphatic carbocycles. The zero-order chi connectivity index (χ0) is 14.4. The lowest BCUT2D eigenvalue weighted by Gasteiger charge is -2.18. The topological polar surface area (TPSA) is 64.3 Å². The number of amides is 1. The Kier molecular flexibility index (Phi) is 5.83. The predicted molar refractivity (Wildman–Crippen MR) is 78.4 cm³/mol. The van der Waals surface area contributed by atoms with Crippen LogP contribution in [0.15, 0.2) is 18.2 Å². The second kappa shape index (κ2) is 7.14. The van der Waals surface area contributed by atoms with Crippen molar-refractivity contribution in [3.63, 3.8) is 0 Å². The van der Waals surface area contributed by atoms with E-state index >= 15 is 0 Å². The van der Waals surface area contributed by atoms with Gasteiger partial charge in [0.2, 0.25) is 5.91 Å². The first-order valence-corrected chi connectivity index (χ1v) is 6.63. The van der Waals surface area contributed by atoms with Gasteiger partial charge in [-0.3, -0.25) is 4.79 Å². The van der Waals surface area contributed by atoms with Gasteiger partial charge in [0.25, 0.3) is 0 Å². The molecule has 0 heterocycles. The largest absolute Gasteiger partial charge is 0.497 e. The molecule has 1 unspecified atom stereocenters. The van der Waals surface area contributed by atoms with Crippen LogP contribution in [0.5, 0.6) is 5.75 Å². The van der Waals surface area contributed by atoms with Gasteiger partial charge >= 0.3 is 0 Å². The van der Waals surface area contributed by atoms with Crippen molar-refractivity contribution in [2.75, 3.05) is 19.0 Å². The van der Waals surface area contributed by atoms with Gasteiger partial charge in [-0.25, -0.2) is 0 Å². The third kappa shape index (κ3) is 4.56. The number of carbonyl (C=O) groups excluding carboxylic acids is 1. The lowest BCUT2D eigenvalue weighted by atomic mass is 9.96. The molecule has 0 aliphatic rings. The lowest BCUT2D eigenvalue weighted by Crippen LogP contribution is -2.30. The van der Waals surface area contributed by atoms with Crippen LogP contribution >= 0.6 is 0 Å². The number of carbonyl (C=O) groups is 1. The van der Waals surface area contributed by atoms with Gasteiger partial charge in [0.1, 0.15) is 5.75 Å². The van der Waals surface area contributed by atoms with Gasteiger partial charge in [-0.05, 0) is 43.0 Å². The number of nitrogens with two attached hydrogens (primary N) is 1. The van der Waals surface area contributed by atoms with Crippen LogP contribution in [0.2, 0.25) is 0 Å². The fourth-order valence-corrected chi connectivity index (χ4v) is 2.02. The van der Waals surface area contributed by atoms with E-state index in [1.165, 1.54) is 0 Å². The molecule has 0 radical (unpaired) electrons. The summed E-state index contributed by atoms with van der Waals surface area (Å²) in [7, 11) is 1.63. The maximum Gasteiger partial charge on any atom is 0.228 e. The van der Waals surface area contributed by atoms with Gasteiger partial charge < -0.3 is 15.8 Å². The van der Waals surface area contributed by atoms with Crippen molar-refractivity contribution in [2.45, 2.75) is 27.2 Å². The number of benzene rings is 1. The number of anilines is 1. The van der Waals surface area contributed by atoms with Crippen molar-refractivity contribution in [1.29, 1.82) is 0 Å². The Morgan fingerprint density at radius 1 is 1.42 bits per heavy atom. The molecule has 0 aliphatic heterocycles. The highest BCUT2D eigenvalue weighted by Crippen LogP contribution is 2.22. The first-order chi connectivity index (χ1) is 8.97. The minimum atomic E-state index is -0.137. The molecule has 4 nitrogen and oxygen atoms in total. The Bertz CT molecular complexity index is 430. The molecule has 1 aromatic carbocycles. The molecule has 1 amide bonds. The number of hydrogen-bond acceptors (Lipinski definition) is 3. The summed E-state index contributed by atoms with van der Waals surface area (Å²) in [6.45, 7) is 6.50. The molecule has 0 saturated carbocycles. The molecule has 1 aromatic rings. The molecule has 0 aromatic heterocycles. The lowest BCUT2D eigenvalue weighted by molar-refractivity contribution is -0.120. The quantitative estimate of drug-likeness (QED) is 0.830. The standard InChI is InChI=1S/C15H24N2O2/c1-10(2)7-12(9-16)15(18)17-14-6-5-13(19-4)8-11(14)3/h5-6,8,10,12H,7,9,16H2,1-4H3,(H,17,18). The Morgan fingerprint density at radius 3 is 2.58 bits per heavy atom. The van der Waals surface area contributed by atoms with Crippen LogP contribution in [0.3, 0.4) is 0 Å². The van der Waals surface area contributed by atoms with Crippen molar-refractivity contribution in [1.82, 2.24) is 0 Å². The minimum absolute atomic E-state index is 0.00975. The zero-order valence-corrected chi connectivity index (χ0v) is 12.2. The Morgan fingerprint density at radius 2 is 2.11 bits per heavy atom. The van der Waals surface area contributed by atoms with Crippen LogP contribution in [0.25, 0.3) is 0 Å². The SMILES string of the molecule is COc1ccc(NC(=O)C(CN)CC(C)C)c(C)c1. The second-order valence-electron chi connectivity index (χ2n) is 5.23. The molecule has 106 valence electrons. The van der Waals surface area contributed by atoms with E-state index < -0.39 is 0 Å². The summed E-state index contributed by atoms with van der Waals surface area (Å²) in [5.41, 5.74) is 7.47. The molecule has 1 atom stereocenters. The molecule has 1 rings (SSSR count). The average Bonchev–Trinajstić information content (AvgIpc) is 2.37. The van der Waals surface area contributed by atoms with Gasteiger partial charge in [-0.15, -0.1) is 0 Å². The Balaban J connectivity index is 2.75. The number of nitrogens with one attached hydrogen (secondary N) is 1. The minimum Gasteiger partial charge on any atom is -0.497 e. The van der Waals surface area contributed by atoms with E-state index in [0.29, 0.717) is 12.5 Å². The monoisotopic (exact) mass is 264 g/mol. The smallest absolute Gasteiger partial charge is 0.228 e. The van der Waals surface area contributed by atoms with Crippen molar-refractivity contribution >= 4 is 11.6 Å². The summed E-state index contributed by atoms with van der Waals surface area (Å²) in [6, 6.07) is 5.59. The summed E-state index contributed by atoms with van der Waals surface area (Å²) in [5.74, 6) is 1.09. The van der Waals surface area contributed by atoms with Gasteiger partial charge in [-0.2, -0.15) is 0 Å². The number of methoxy groups -OCH3 is 1. The van der Waals surface area contributed by atoms with Crippen LogP contribution in [-0.2, 0) is 4.79 Å². The highest BCUT2D eigenvalue weighted by molar-refractivity contribution is 5.93. The Labute approximate surface area is 115 Å². The first-order valence-electron chi connectivity index (χ1n) is 6.63. The van der Waals surface area contributed by atoms with E-state index in [0.717, 1.165) is 23.4 Å². The number of ether oxygens (including phenoxy) is 1. The summed E-state index contributed by atoms with van der Waals surface area (Å²) in [5, 5.41) is 2.94. The first kappa shape index (κ1) is 15.5. The highest BCUT2D eigenvalue weighted by atomic mass is 16.5. The average molecular weight is 264 g/mol. The van der Waals surface area contributed by atoms with Gasteiger partial charge in [0.05, 0.1) is 13.0 Å². The third-order valence-electron chi connectivity index (χ3n) is 3.10. The molecule has 0 bridgehead atoms. The van der Waals surface area contributed by atoms with E-state index in [1.807, 2.05) is 25.1 Å². The van der Waals surface area contributed by atoms with Crippen molar-refractivity contribution in [3.05, 3.63) is 23.8 Å². The molecule has 0 fully saturated rings. The van der Waals surface area contributed by atoms with Crippen molar-refractivity contribution in [3.8, 4) is 5.75 Å². The summed E-state index contributed by atoms with van der Waals surface area (Å²) in [6.07, 6.45) is 0.803. The van der Waals surface area contributed by atoms with Crippen LogP contribution in [0.4, 0.5) is 5.69 Å². The molecular formula is C15H24N2O2. The van der Waals surface area contributed by atoms with Gasteiger partial charge in [-0.1, -0.05) is 13.8 Å². The van der Waals surface area contributed by atoms with Gasteiger partial charge in [0, 0.05) is 12.2 Å². The van der Waals surface area contributed by atoms with Crippen LogP contribution in [0.1, 0.15) is 25.8 Å². The molecule has 19 heavy (non-hydrogen) atoms. The number of aryl methyl sites for hydroxylation is 1. The van der Waals surface area contributed by atoms with Crippen LogP contribution in [-0.4, -0.2) is 19.6 Å². The number of rotatable bonds is 6. The highest BCUT2D eigenvalue weighted by Gasteiger charge is 2.18. The van der Waals surface area contributed by atoms with Crippen molar-refractivity contribution < 1.29 is 9.53 Å². The summed E-state index contributed by atoms with van der Waals surface area (Å²) < 4.78 is 5.14. The van der Waals surface area contributed by atoms with E-state index in [1.54, 1.807) is 7.11 Å². The fraction of sp³-hybridized carbons (Fsp3) is 0.533.